The number of anilines is 1. The number of hydrogen-bond acceptors (Lipinski definition) is 7. The third-order valence-electron chi connectivity index (χ3n) is 3.74. The average molecular weight is 414 g/mol. The first kappa shape index (κ1) is 18.6. The van der Waals surface area contributed by atoms with Crippen molar-refractivity contribution in [2.75, 3.05) is 19.1 Å². The Labute approximate surface area is 163 Å². The van der Waals surface area contributed by atoms with E-state index in [-0.39, 0.29) is 23.4 Å². The summed E-state index contributed by atoms with van der Waals surface area (Å²) >= 11 is 13.3. The molecule has 1 amide bonds. The van der Waals surface area contributed by atoms with Crippen molar-refractivity contribution in [2.24, 2.45) is 5.16 Å². The van der Waals surface area contributed by atoms with Gasteiger partial charge in [-0.1, -0.05) is 28.9 Å². The minimum absolute atomic E-state index is 0.0871. The van der Waals surface area contributed by atoms with Gasteiger partial charge in [0.25, 0.3) is 0 Å². The predicted molar refractivity (Wildman–Crippen MR) is 99.0 cm³/mol. The van der Waals surface area contributed by atoms with Crippen LogP contribution in [0.5, 0.6) is 0 Å². The largest absolute Gasteiger partial charge is 0.464 e. The molecule has 1 aromatic heterocycles. The van der Waals surface area contributed by atoms with Crippen LogP contribution in [-0.2, 0) is 19.2 Å². The van der Waals surface area contributed by atoms with Crippen molar-refractivity contribution in [1.82, 2.24) is 4.98 Å². The number of rotatable bonds is 5. The second-order valence-electron chi connectivity index (χ2n) is 5.24. The van der Waals surface area contributed by atoms with Crippen LogP contribution in [0.4, 0.5) is 5.13 Å². The Morgan fingerprint density at radius 2 is 2.00 bits per heavy atom. The molecule has 0 saturated carbocycles. The van der Waals surface area contributed by atoms with Crippen LogP contribution in [-0.4, -0.2) is 42.2 Å². The molecule has 1 fully saturated rings. The van der Waals surface area contributed by atoms with E-state index in [2.05, 4.69) is 19.7 Å². The van der Waals surface area contributed by atoms with Crippen molar-refractivity contribution < 1.29 is 19.2 Å². The maximum atomic E-state index is 12.3. The number of hydrogen-bond donors (Lipinski definition) is 0. The van der Waals surface area contributed by atoms with E-state index in [4.69, 9.17) is 23.2 Å². The third kappa shape index (κ3) is 3.27. The normalized spacial score (nSPS) is 19.9. The summed E-state index contributed by atoms with van der Waals surface area (Å²) in [5, 5.41) is 5.53. The number of thiazole rings is 1. The molecule has 2 atom stereocenters. The van der Waals surface area contributed by atoms with Gasteiger partial charge in [0.15, 0.2) is 5.13 Å². The Hall–Kier alpha value is -2.16. The van der Waals surface area contributed by atoms with Gasteiger partial charge in [-0.15, -0.1) is 22.9 Å². The highest BCUT2D eigenvalue weighted by Crippen LogP contribution is 2.43. The fourth-order valence-corrected chi connectivity index (χ4v) is 3.84. The van der Waals surface area contributed by atoms with E-state index in [1.807, 2.05) is 12.1 Å². The maximum absolute atomic E-state index is 12.3. The topological polar surface area (TPSA) is 81.1 Å². The van der Waals surface area contributed by atoms with Gasteiger partial charge < -0.3 is 9.57 Å². The van der Waals surface area contributed by atoms with Gasteiger partial charge in [-0.2, -0.15) is 0 Å². The molecule has 3 rings (SSSR count). The molecule has 1 aliphatic heterocycles. The minimum atomic E-state index is -0.698. The molecule has 0 radical (unpaired) electrons. The Kier molecular flexibility index (Phi) is 5.45. The highest BCUT2D eigenvalue weighted by atomic mass is 35.5. The van der Waals surface area contributed by atoms with E-state index < -0.39 is 11.3 Å². The monoisotopic (exact) mass is 413 g/mol. The fraction of sp³-hybridized carbons (Fsp3) is 0.250. The van der Waals surface area contributed by atoms with E-state index in [9.17, 15) is 9.59 Å². The first-order valence-corrected chi connectivity index (χ1v) is 9.05. The number of benzene rings is 1. The average Bonchev–Trinajstić information content (AvgIpc) is 3.12. The predicted octanol–water partition coefficient (Wildman–Crippen LogP) is 3.02. The first-order chi connectivity index (χ1) is 12.5. The van der Waals surface area contributed by atoms with Crippen LogP contribution >= 0.6 is 34.5 Å². The van der Waals surface area contributed by atoms with Gasteiger partial charge in [-0.25, -0.2) is 9.78 Å². The Bertz CT molecular complexity index is 869. The van der Waals surface area contributed by atoms with Crippen molar-refractivity contribution in [3.05, 3.63) is 45.9 Å². The zero-order valence-corrected chi connectivity index (χ0v) is 16.0. The molecule has 0 spiro atoms. The summed E-state index contributed by atoms with van der Waals surface area (Å²) in [5.74, 6) is -0.959. The van der Waals surface area contributed by atoms with Gasteiger partial charge in [0.05, 0.1) is 13.2 Å². The summed E-state index contributed by atoms with van der Waals surface area (Å²) in [6, 6.07) is 6.71. The van der Waals surface area contributed by atoms with Gasteiger partial charge in [-0.05, 0) is 17.7 Å². The van der Waals surface area contributed by atoms with Gasteiger partial charge >= 0.3 is 5.97 Å². The lowest BCUT2D eigenvalue weighted by atomic mass is 9.94. The smallest absolute Gasteiger partial charge is 0.362 e. The second kappa shape index (κ2) is 7.61. The number of β-lactam (4-membered cyclic amide) rings is 1. The molecule has 0 aliphatic carbocycles. The molecule has 1 saturated heterocycles. The van der Waals surface area contributed by atoms with Crippen molar-refractivity contribution in [2.45, 2.75) is 11.4 Å². The van der Waals surface area contributed by atoms with Gasteiger partial charge in [-0.3, -0.25) is 9.69 Å². The Balaban J connectivity index is 1.92. The van der Waals surface area contributed by atoms with E-state index in [1.54, 1.807) is 17.5 Å². The van der Waals surface area contributed by atoms with Crippen LogP contribution < -0.4 is 4.90 Å². The zero-order valence-electron chi connectivity index (χ0n) is 13.7. The summed E-state index contributed by atoms with van der Waals surface area (Å²) in [7, 11) is 2.54. The molecule has 0 bridgehead atoms. The van der Waals surface area contributed by atoms with E-state index in [0.29, 0.717) is 10.2 Å². The van der Waals surface area contributed by atoms with Crippen LogP contribution in [0.3, 0.4) is 0 Å². The SMILES string of the molecule is CO/N=C(\C(=O)OC)c1csc(N2C(=O)C(Cl)C2c2ccc(Cl)cc2)n1. The number of nitrogens with zero attached hydrogens (tertiary/aromatic N) is 3. The van der Waals surface area contributed by atoms with E-state index in [1.165, 1.54) is 30.5 Å². The summed E-state index contributed by atoms with van der Waals surface area (Å²) in [4.78, 5) is 34.6. The quantitative estimate of drug-likeness (QED) is 0.247. The van der Waals surface area contributed by atoms with E-state index in [0.717, 1.165) is 5.56 Å². The fourth-order valence-electron chi connectivity index (χ4n) is 2.51. The molecule has 26 heavy (non-hydrogen) atoms. The van der Waals surface area contributed by atoms with Crippen LogP contribution in [0.2, 0.25) is 5.02 Å². The van der Waals surface area contributed by atoms with Crippen LogP contribution in [0.15, 0.2) is 34.8 Å². The number of carbonyl (C=O) groups excluding carboxylic acids is 2. The lowest BCUT2D eigenvalue weighted by Crippen LogP contribution is -2.56. The van der Waals surface area contributed by atoms with Crippen molar-refractivity contribution in [3.63, 3.8) is 0 Å². The number of methoxy groups -OCH3 is 1. The number of alkyl halides is 1. The summed E-state index contributed by atoms with van der Waals surface area (Å²) in [6.45, 7) is 0. The number of amides is 1. The zero-order chi connectivity index (χ0) is 18.8. The second-order valence-corrected chi connectivity index (χ2v) is 6.98. The molecule has 1 aromatic carbocycles. The minimum Gasteiger partial charge on any atom is -0.464 e. The van der Waals surface area contributed by atoms with Crippen LogP contribution in [0.1, 0.15) is 17.3 Å². The lowest BCUT2D eigenvalue weighted by Gasteiger charge is -2.42. The lowest BCUT2D eigenvalue weighted by molar-refractivity contribution is -0.132. The van der Waals surface area contributed by atoms with Crippen molar-refractivity contribution in [1.29, 1.82) is 0 Å². The maximum Gasteiger partial charge on any atom is 0.362 e. The summed E-state index contributed by atoms with van der Waals surface area (Å²) < 4.78 is 4.67. The van der Waals surface area contributed by atoms with Gasteiger partial charge in [0.1, 0.15) is 18.2 Å². The molecule has 2 unspecified atom stereocenters. The molecular formula is C16H13Cl2N3O4S. The van der Waals surface area contributed by atoms with Crippen LogP contribution in [0.25, 0.3) is 0 Å². The molecule has 2 heterocycles. The number of halogens is 2. The number of carbonyl (C=O) groups is 2. The molecular weight excluding hydrogens is 401 g/mol. The number of oxime groups is 1. The summed E-state index contributed by atoms with van der Waals surface area (Å²) in [5.41, 5.74) is 1.000. The van der Waals surface area contributed by atoms with Gasteiger partial charge in [0, 0.05) is 10.4 Å². The van der Waals surface area contributed by atoms with Crippen molar-refractivity contribution in [3.8, 4) is 0 Å². The third-order valence-corrected chi connectivity index (χ3v) is 5.26. The van der Waals surface area contributed by atoms with Crippen molar-refractivity contribution >= 4 is 57.3 Å². The molecule has 1 aliphatic rings. The summed E-state index contributed by atoms with van der Waals surface area (Å²) in [6.07, 6.45) is 0. The number of esters is 1. The molecule has 0 N–H and O–H groups in total. The molecule has 2 aromatic rings. The Morgan fingerprint density at radius 3 is 2.62 bits per heavy atom. The first-order valence-electron chi connectivity index (χ1n) is 7.36. The molecule has 7 nitrogen and oxygen atoms in total. The number of ether oxygens (including phenoxy) is 1. The van der Waals surface area contributed by atoms with E-state index >= 15 is 0 Å². The highest BCUT2D eigenvalue weighted by molar-refractivity contribution is 7.14. The van der Waals surface area contributed by atoms with Gasteiger partial charge in [0.2, 0.25) is 11.6 Å². The number of aromatic nitrogens is 1. The highest BCUT2D eigenvalue weighted by Gasteiger charge is 2.49. The molecule has 136 valence electrons. The molecule has 10 heteroatoms. The Morgan fingerprint density at radius 1 is 1.31 bits per heavy atom. The standard InChI is InChI=1S/C16H13Cl2N3O4S/c1-24-15(23)12(20-25-2)10-7-26-16(19-10)21-13(11(18)14(21)22)8-3-5-9(17)6-4-8/h3-7,11,13H,1-2H3/b20-12-. The van der Waals surface area contributed by atoms with Crippen LogP contribution in [0, 0.1) is 0 Å².